The van der Waals surface area contributed by atoms with Gasteiger partial charge in [0.15, 0.2) is 0 Å². The predicted molar refractivity (Wildman–Crippen MR) is 92.4 cm³/mol. The van der Waals surface area contributed by atoms with E-state index < -0.39 is 0 Å². The SMILES string of the molecule is CCN(CC)C(=O)CNC(=O)CNC(=O)c1ccccc1I. The molecule has 7 heteroatoms. The third-order valence-corrected chi connectivity index (χ3v) is 4.02. The summed E-state index contributed by atoms with van der Waals surface area (Å²) in [7, 11) is 0. The molecular formula is C15H20IN3O3. The van der Waals surface area contributed by atoms with Gasteiger partial charge >= 0.3 is 0 Å². The van der Waals surface area contributed by atoms with Crippen LogP contribution in [0.3, 0.4) is 0 Å². The van der Waals surface area contributed by atoms with Crippen LogP contribution in [0.25, 0.3) is 0 Å². The zero-order valence-corrected chi connectivity index (χ0v) is 14.8. The van der Waals surface area contributed by atoms with Gasteiger partial charge in [0.05, 0.1) is 18.7 Å². The number of nitrogens with zero attached hydrogens (tertiary/aromatic N) is 1. The number of hydrogen-bond donors (Lipinski definition) is 2. The first kappa shape index (κ1) is 18.4. The van der Waals surface area contributed by atoms with Gasteiger partial charge < -0.3 is 15.5 Å². The van der Waals surface area contributed by atoms with E-state index in [0.29, 0.717) is 18.7 Å². The Morgan fingerprint density at radius 2 is 1.68 bits per heavy atom. The van der Waals surface area contributed by atoms with Crippen molar-refractivity contribution in [3.05, 3.63) is 33.4 Å². The molecular weight excluding hydrogens is 397 g/mol. The van der Waals surface area contributed by atoms with Gasteiger partial charge in [-0.1, -0.05) is 12.1 Å². The van der Waals surface area contributed by atoms with Crippen LogP contribution in [0, 0.1) is 3.57 Å². The van der Waals surface area contributed by atoms with Crippen LogP contribution in [0.15, 0.2) is 24.3 Å². The van der Waals surface area contributed by atoms with E-state index in [9.17, 15) is 14.4 Å². The lowest BCUT2D eigenvalue weighted by atomic mass is 10.2. The Kier molecular flexibility index (Phi) is 7.86. The van der Waals surface area contributed by atoms with E-state index in [0.717, 1.165) is 3.57 Å². The first-order chi connectivity index (χ1) is 10.5. The third-order valence-electron chi connectivity index (χ3n) is 3.08. The lowest BCUT2D eigenvalue weighted by Gasteiger charge is -2.18. The fraction of sp³-hybridized carbons (Fsp3) is 0.400. The Morgan fingerprint density at radius 3 is 2.27 bits per heavy atom. The van der Waals surface area contributed by atoms with Gasteiger partial charge in [0.1, 0.15) is 0 Å². The van der Waals surface area contributed by atoms with Gasteiger partial charge in [-0.3, -0.25) is 14.4 Å². The zero-order chi connectivity index (χ0) is 16.5. The first-order valence-electron chi connectivity index (χ1n) is 7.06. The average molecular weight is 417 g/mol. The summed E-state index contributed by atoms with van der Waals surface area (Å²) < 4.78 is 0.815. The summed E-state index contributed by atoms with van der Waals surface area (Å²) in [6, 6.07) is 7.11. The minimum Gasteiger partial charge on any atom is -0.345 e. The van der Waals surface area contributed by atoms with Crippen molar-refractivity contribution in [1.29, 1.82) is 0 Å². The van der Waals surface area contributed by atoms with Crippen molar-refractivity contribution in [2.24, 2.45) is 0 Å². The van der Waals surface area contributed by atoms with Gasteiger partial charge in [0, 0.05) is 16.7 Å². The van der Waals surface area contributed by atoms with E-state index in [4.69, 9.17) is 0 Å². The molecule has 1 rings (SSSR count). The van der Waals surface area contributed by atoms with Gasteiger partial charge in [-0.15, -0.1) is 0 Å². The van der Waals surface area contributed by atoms with Crippen molar-refractivity contribution in [3.63, 3.8) is 0 Å². The Hall–Kier alpha value is -1.64. The molecule has 0 radical (unpaired) electrons. The topological polar surface area (TPSA) is 78.5 Å². The van der Waals surface area contributed by atoms with Crippen LogP contribution in [0.4, 0.5) is 0 Å². The van der Waals surface area contributed by atoms with Gasteiger partial charge in [-0.05, 0) is 48.6 Å². The van der Waals surface area contributed by atoms with Crippen molar-refractivity contribution >= 4 is 40.3 Å². The molecule has 22 heavy (non-hydrogen) atoms. The van der Waals surface area contributed by atoms with Crippen LogP contribution >= 0.6 is 22.6 Å². The lowest BCUT2D eigenvalue weighted by molar-refractivity contribution is -0.132. The fourth-order valence-electron chi connectivity index (χ4n) is 1.83. The lowest BCUT2D eigenvalue weighted by Crippen LogP contribution is -2.43. The summed E-state index contributed by atoms with van der Waals surface area (Å²) >= 11 is 2.06. The Balaban J connectivity index is 2.39. The van der Waals surface area contributed by atoms with E-state index in [1.54, 1.807) is 17.0 Å². The Bertz CT molecular complexity index is 545. The van der Waals surface area contributed by atoms with Crippen LogP contribution in [-0.4, -0.2) is 48.8 Å². The highest BCUT2D eigenvalue weighted by Crippen LogP contribution is 2.10. The van der Waals surface area contributed by atoms with Crippen LogP contribution in [0.5, 0.6) is 0 Å². The molecule has 3 amide bonds. The van der Waals surface area contributed by atoms with Crippen molar-refractivity contribution < 1.29 is 14.4 Å². The smallest absolute Gasteiger partial charge is 0.252 e. The highest BCUT2D eigenvalue weighted by Gasteiger charge is 2.13. The molecule has 1 aromatic carbocycles. The minimum atomic E-state index is -0.389. The molecule has 0 saturated heterocycles. The molecule has 0 aliphatic rings. The summed E-state index contributed by atoms with van der Waals surface area (Å²) in [6.07, 6.45) is 0. The largest absolute Gasteiger partial charge is 0.345 e. The van der Waals surface area contributed by atoms with Crippen LogP contribution < -0.4 is 10.6 Å². The second kappa shape index (κ2) is 9.39. The van der Waals surface area contributed by atoms with Crippen molar-refractivity contribution in [1.82, 2.24) is 15.5 Å². The number of benzene rings is 1. The second-order valence-electron chi connectivity index (χ2n) is 4.51. The molecule has 0 aromatic heterocycles. The monoisotopic (exact) mass is 417 g/mol. The van der Waals surface area contributed by atoms with Gasteiger partial charge in [-0.2, -0.15) is 0 Å². The second-order valence-corrected chi connectivity index (χ2v) is 5.67. The van der Waals surface area contributed by atoms with Gasteiger partial charge in [-0.25, -0.2) is 0 Å². The molecule has 0 fully saturated rings. The number of rotatable bonds is 7. The van der Waals surface area contributed by atoms with Crippen LogP contribution in [0.2, 0.25) is 0 Å². The quantitative estimate of drug-likeness (QED) is 0.651. The molecule has 0 aliphatic heterocycles. The summed E-state index contributed by atoms with van der Waals surface area (Å²) in [5.74, 6) is -0.836. The van der Waals surface area contributed by atoms with E-state index in [-0.39, 0.29) is 30.8 Å². The summed E-state index contributed by atoms with van der Waals surface area (Å²) in [4.78, 5) is 37.0. The van der Waals surface area contributed by atoms with Crippen molar-refractivity contribution in [3.8, 4) is 0 Å². The van der Waals surface area contributed by atoms with E-state index in [1.807, 2.05) is 26.0 Å². The van der Waals surface area contributed by atoms with Crippen molar-refractivity contribution in [2.45, 2.75) is 13.8 Å². The van der Waals surface area contributed by atoms with Crippen LogP contribution in [-0.2, 0) is 9.59 Å². The summed E-state index contributed by atoms with van der Waals surface area (Å²) in [6.45, 7) is 4.76. The standard InChI is InChI=1S/C15H20IN3O3/c1-3-19(4-2)14(21)10-17-13(20)9-18-15(22)11-7-5-6-8-12(11)16/h5-8H,3-4,9-10H2,1-2H3,(H,17,20)(H,18,22). The maximum Gasteiger partial charge on any atom is 0.252 e. The molecule has 0 saturated carbocycles. The zero-order valence-electron chi connectivity index (χ0n) is 12.7. The molecule has 0 spiro atoms. The van der Waals surface area contributed by atoms with Crippen LogP contribution in [0.1, 0.15) is 24.2 Å². The number of carbonyl (C=O) groups is 3. The normalized spacial score (nSPS) is 9.95. The molecule has 0 unspecified atom stereocenters. The number of nitrogens with one attached hydrogen (secondary N) is 2. The third kappa shape index (κ3) is 5.63. The van der Waals surface area contributed by atoms with E-state index in [1.165, 1.54) is 0 Å². The molecule has 0 atom stereocenters. The maximum absolute atomic E-state index is 11.9. The molecule has 6 nitrogen and oxygen atoms in total. The average Bonchev–Trinajstić information content (AvgIpc) is 2.52. The molecule has 1 aromatic rings. The van der Waals surface area contributed by atoms with Crippen molar-refractivity contribution in [2.75, 3.05) is 26.2 Å². The molecule has 0 heterocycles. The highest BCUT2D eigenvalue weighted by molar-refractivity contribution is 14.1. The molecule has 0 aliphatic carbocycles. The molecule has 2 N–H and O–H groups in total. The highest BCUT2D eigenvalue weighted by atomic mass is 127. The maximum atomic E-state index is 11.9. The van der Waals surface area contributed by atoms with Gasteiger partial charge in [0.2, 0.25) is 11.8 Å². The molecule has 120 valence electrons. The van der Waals surface area contributed by atoms with Gasteiger partial charge in [0.25, 0.3) is 5.91 Å². The molecule has 0 bridgehead atoms. The Labute approximate surface area is 143 Å². The fourth-order valence-corrected chi connectivity index (χ4v) is 2.46. The first-order valence-corrected chi connectivity index (χ1v) is 8.14. The predicted octanol–water partition coefficient (Wildman–Crippen LogP) is 1.01. The number of carbonyl (C=O) groups excluding carboxylic acids is 3. The number of hydrogen-bond acceptors (Lipinski definition) is 3. The van der Waals surface area contributed by atoms with E-state index in [2.05, 4.69) is 33.2 Å². The Morgan fingerprint density at radius 1 is 1.05 bits per heavy atom. The number of halogens is 1. The number of amides is 3. The minimum absolute atomic E-state index is 0.0563. The number of likely N-dealkylation sites (N-methyl/N-ethyl adjacent to an activating group) is 1. The summed E-state index contributed by atoms with van der Waals surface area (Å²) in [5.41, 5.74) is 0.523. The summed E-state index contributed by atoms with van der Waals surface area (Å²) in [5, 5.41) is 5.05. The van der Waals surface area contributed by atoms with E-state index >= 15 is 0 Å².